The van der Waals surface area contributed by atoms with Crippen molar-refractivity contribution in [2.75, 3.05) is 31.5 Å². The minimum Gasteiger partial charge on any atom is -0.370 e. The van der Waals surface area contributed by atoms with Crippen molar-refractivity contribution >= 4 is 11.8 Å². The molecule has 1 fully saturated rings. The lowest BCUT2D eigenvalue weighted by molar-refractivity contribution is 0.235. The molecule has 3 aromatic rings. The molecule has 2 heterocycles. The van der Waals surface area contributed by atoms with Gasteiger partial charge in [0.05, 0.1) is 12.2 Å². The molecule has 7 heteroatoms. The van der Waals surface area contributed by atoms with Crippen LogP contribution in [0.25, 0.3) is 11.1 Å². The maximum absolute atomic E-state index is 13.9. The molecule has 0 bridgehead atoms. The zero-order chi connectivity index (χ0) is 22.2. The van der Waals surface area contributed by atoms with Gasteiger partial charge in [-0.05, 0) is 56.0 Å². The zero-order valence-corrected chi connectivity index (χ0v) is 18.3. The van der Waals surface area contributed by atoms with Crippen LogP contribution in [0.4, 0.5) is 10.3 Å². The summed E-state index contributed by atoms with van der Waals surface area (Å²) in [5, 5.41) is 7.08. The molecule has 1 saturated heterocycles. The summed E-state index contributed by atoms with van der Waals surface area (Å²) in [6, 6.07) is 16.6. The van der Waals surface area contributed by atoms with E-state index < -0.39 is 0 Å². The first-order valence-electron chi connectivity index (χ1n) is 11.3. The number of anilines is 1. The first kappa shape index (κ1) is 22.0. The highest BCUT2D eigenvalue weighted by Crippen LogP contribution is 2.23. The van der Waals surface area contributed by atoms with Crippen molar-refractivity contribution in [1.82, 2.24) is 10.1 Å². The molecule has 32 heavy (non-hydrogen) atoms. The van der Waals surface area contributed by atoms with Gasteiger partial charge in [-0.1, -0.05) is 54.0 Å². The Hall–Kier alpha value is -3.19. The van der Waals surface area contributed by atoms with E-state index in [-0.39, 0.29) is 5.82 Å². The van der Waals surface area contributed by atoms with Crippen LogP contribution in [0.1, 0.15) is 30.5 Å². The molecular formula is C25H30FN5O. The highest BCUT2D eigenvalue weighted by atomic mass is 19.1. The van der Waals surface area contributed by atoms with Crippen LogP contribution < -0.4 is 11.1 Å². The Balaban J connectivity index is 1.24. The number of piperidine rings is 1. The first-order valence-corrected chi connectivity index (χ1v) is 11.3. The van der Waals surface area contributed by atoms with Crippen LogP contribution in [-0.4, -0.2) is 42.2 Å². The molecule has 6 nitrogen and oxygen atoms in total. The average Bonchev–Trinajstić information content (AvgIpc) is 3.26. The standard InChI is InChI=1S/C25H30FN5O/c26-23-7-3-2-6-22(23)20-11-8-19(9-12-20)10-13-21-18-24(32-30-21)29-25(27)28-14-17-31-15-4-1-5-16-31/h2-3,6-9,11-12,18H,1,4-5,10,13-17H2,(H3,27,28,29). The lowest BCUT2D eigenvalue weighted by Crippen LogP contribution is -2.32. The molecule has 0 atom stereocenters. The van der Waals surface area contributed by atoms with Crippen LogP contribution in [0, 0.1) is 5.82 Å². The number of rotatable bonds is 8. The van der Waals surface area contributed by atoms with Gasteiger partial charge in [-0.3, -0.25) is 10.3 Å². The number of hydrogen-bond acceptors (Lipinski definition) is 4. The van der Waals surface area contributed by atoms with E-state index >= 15 is 0 Å². The zero-order valence-electron chi connectivity index (χ0n) is 18.3. The fourth-order valence-electron chi connectivity index (χ4n) is 3.97. The van der Waals surface area contributed by atoms with Crippen LogP contribution in [0.15, 0.2) is 64.1 Å². The van der Waals surface area contributed by atoms with Crippen molar-refractivity contribution in [2.24, 2.45) is 10.7 Å². The van der Waals surface area contributed by atoms with Crippen LogP contribution in [-0.2, 0) is 12.8 Å². The normalized spacial score (nSPS) is 15.1. The number of nitrogens with zero attached hydrogens (tertiary/aromatic N) is 3. The van der Waals surface area contributed by atoms with Gasteiger partial charge in [-0.25, -0.2) is 4.39 Å². The maximum atomic E-state index is 13.9. The maximum Gasteiger partial charge on any atom is 0.231 e. The third-order valence-corrected chi connectivity index (χ3v) is 5.77. The largest absolute Gasteiger partial charge is 0.370 e. The lowest BCUT2D eigenvalue weighted by Gasteiger charge is -2.25. The molecule has 0 spiro atoms. The summed E-state index contributed by atoms with van der Waals surface area (Å²) in [5.74, 6) is 0.625. The molecule has 1 aliphatic rings. The molecular weight excluding hydrogens is 405 g/mol. The number of nitrogens with two attached hydrogens (primary N) is 1. The SMILES string of the molecule is NC(=NCCN1CCCCC1)Nc1cc(CCc2ccc(-c3ccccc3F)cc2)no1. The quantitative estimate of drug-likeness (QED) is 0.403. The van der Waals surface area contributed by atoms with E-state index in [1.807, 2.05) is 36.4 Å². The molecule has 1 aliphatic heterocycles. The average molecular weight is 436 g/mol. The van der Waals surface area contributed by atoms with E-state index in [1.165, 1.54) is 25.3 Å². The Kier molecular flexibility index (Phi) is 7.51. The predicted octanol–water partition coefficient (Wildman–Crippen LogP) is 4.48. The molecule has 0 radical (unpaired) electrons. The number of hydrogen-bond donors (Lipinski definition) is 2. The number of benzene rings is 2. The molecule has 1 aromatic heterocycles. The first-order chi connectivity index (χ1) is 15.7. The minimum atomic E-state index is -0.211. The summed E-state index contributed by atoms with van der Waals surface area (Å²) in [7, 11) is 0. The van der Waals surface area contributed by atoms with E-state index in [9.17, 15) is 4.39 Å². The van der Waals surface area contributed by atoms with Crippen LogP contribution in [0.5, 0.6) is 0 Å². The Labute approximate surface area is 188 Å². The van der Waals surface area contributed by atoms with Crippen LogP contribution in [0.3, 0.4) is 0 Å². The van der Waals surface area contributed by atoms with Crippen molar-refractivity contribution in [3.05, 3.63) is 71.7 Å². The molecule has 0 aliphatic carbocycles. The van der Waals surface area contributed by atoms with Crippen molar-refractivity contribution in [3.8, 4) is 11.1 Å². The predicted molar refractivity (Wildman–Crippen MR) is 126 cm³/mol. The summed E-state index contributed by atoms with van der Waals surface area (Å²) in [6.45, 7) is 3.91. The fourth-order valence-corrected chi connectivity index (χ4v) is 3.97. The number of aromatic nitrogens is 1. The van der Waals surface area contributed by atoms with Crippen LogP contribution >= 0.6 is 0 Å². The van der Waals surface area contributed by atoms with E-state index in [0.29, 0.717) is 24.0 Å². The number of guanidine groups is 1. The Morgan fingerprint density at radius 3 is 2.62 bits per heavy atom. The third kappa shape index (κ3) is 6.17. The van der Waals surface area contributed by atoms with Crippen molar-refractivity contribution < 1.29 is 8.91 Å². The Morgan fingerprint density at radius 2 is 1.84 bits per heavy atom. The summed E-state index contributed by atoms with van der Waals surface area (Å²) in [6.07, 6.45) is 5.41. The van der Waals surface area contributed by atoms with Gasteiger partial charge in [-0.15, -0.1) is 0 Å². The molecule has 0 saturated carbocycles. The van der Waals surface area contributed by atoms with Crippen LogP contribution in [0.2, 0.25) is 0 Å². The van der Waals surface area contributed by atoms with E-state index in [1.54, 1.807) is 12.1 Å². The molecule has 168 valence electrons. The molecule has 0 amide bonds. The third-order valence-electron chi connectivity index (χ3n) is 5.77. The fraction of sp³-hybridized carbons (Fsp3) is 0.360. The highest BCUT2D eigenvalue weighted by molar-refractivity contribution is 5.90. The smallest absolute Gasteiger partial charge is 0.231 e. The minimum absolute atomic E-state index is 0.211. The van der Waals surface area contributed by atoms with Gasteiger partial charge in [0, 0.05) is 18.2 Å². The van der Waals surface area contributed by atoms with Crippen molar-refractivity contribution in [2.45, 2.75) is 32.1 Å². The molecule has 4 rings (SSSR count). The number of halogens is 1. The number of likely N-dealkylation sites (tertiary alicyclic amines) is 1. The highest BCUT2D eigenvalue weighted by Gasteiger charge is 2.10. The van der Waals surface area contributed by atoms with Gasteiger partial charge >= 0.3 is 0 Å². The van der Waals surface area contributed by atoms with Gasteiger partial charge in [0.2, 0.25) is 5.88 Å². The van der Waals surface area contributed by atoms with Gasteiger partial charge in [0.15, 0.2) is 5.96 Å². The van der Waals surface area contributed by atoms with Gasteiger partial charge < -0.3 is 15.2 Å². The van der Waals surface area contributed by atoms with E-state index in [0.717, 1.165) is 49.3 Å². The summed E-state index contributed by atoms with van der Waals surface area (Å²) in [5.41, 5.74) is 9.45. The number of aryl methyl sites for hydroxylation is 2. The number of nitrogens with one attached hydrogen (secondary N) is 1. The second-order valence-corrected chi connectivity index (χ2v) is 8.15. The molecule has 3 N–H and O–H groups in total. The summed E-state index contributed by atoms with van der Waals surface area (Å²) >= 11 is 0. The van der Waals surface area contributed by atoms with E-state index in [4.69, 9.17) is 10.3 Å². The van der Waals surface area contributed by atoms with Crippen molar-refractivity contribution in [3.63, 3.8) is 0 Å². The monoisotopic (exact) mass is 435 g/mol. The van der Waals surface area contributed by atoms with Crippen molar-refractivity contribution in [1.29, 1.82) is 0 Å². The lowest BCUT2D eigenvalue weighted by atomic mass is 10.0. The Bertz CT molecular complexity index is 1020. The summed E-state index contributed by atoms with van der Waals surface area (Å²) in [4.78, 5) is 6.81. The number of aliphatic imine (C=N–C) groups is 1. The second-order valence-electron chi connectivity index (χ2n) is 8.15. The second kappa shape index (κ2) is 10.9. The van der Waals surface area contributed by atoms with E-state index in [2.05, 4.69) is 20.4 Å². The van der Waals surface area contributed by atoms with Gasteiger partial charge in [-0.2, -0.15) is 0 Å². The Morgan fingerprint density at radius 1 is 1.06 bits per heavy atom. The summed E-state index contributed by atoms with van der Waals surface area (Å²) < 4.78 is 19.3. The van der Waals surface area contributed by atoms with Gasteiger partial charge in [0.25, 0.3) is 0 Å². The molecule has 2 aromatic carbocycles. The topological polar surface area (TPSA) is 79.7 Å². The van der Waals surface area contributed by atoms with Gasteiger partial charge in [0.1, 0.15) is 5.82 Å². The molecule has 0 unspecified atom stereocenters.